The van der Waals surface area contributed by atoms with E-state index in [4.69, 9.17) is 4.42 Å². The molecule has 5 heteroatoms. The monoisotopic (exact) mass is 264 g/mol. The molecular formula is C13H16N2O2S. The molecule has 2 amide bonds. The minimum atomic E-state index is -0.0694. The van der Waals surface area contributed by atoms with E-state index in [1.807, 2.05) is 35.9 Å². The predicted molar refractivity (Wildman–Crippen MR) is 71.3 cm³/mol. The van der Waals surface area contributed by atoms with Crippen molar-refractivity contribution in [3.8, 4) is 0 Å². The quantitative estimate of drug-likeness (QED) is 0.902. The Morgan fingerprint density at radius 3 is 2.94 bits per heavy atom. The van der Waals surface area contributed by atoms with E-state index in [-0.39, 0.29) is 6.03 Å². The van der Waals surface area contributed by atoms with Crippen LogP contribution in [-0.2, 0) is 13.1 Å². The van der Waals surface area contributed by atoms with Gasteiger partial charge in [-0.25, -0.2) is 4.79 Å². The Labute approximate surface area is 110 Å². The second-order valence-electron chi connectivity index (χ2n) is 3.90. The minimum absolute atomic E-state index is 0.0694. The van der Waals surface area contributed by atoms with Crippen molar-refractivity contribution < 1.29 is 9.21 Å². The highest BCUT2D eigenvalue weighted by molar-refractivity contribution is 7.07. The number of thiophene rings is 1. The van der Waals surface area contributed by atoms with Crippen LogP contribution in [0.2, 0.25) is 0 Å². The molecule has 0 aliphatic carbocycles. The van der Waals surface area contributed by atoms with E-state index in [0.717, 1.165) is 11.3 Å². The van der Waals surface area contributed by atoms with Gasteiger partial charge in [-0.2, -0.15) is 11.3 Å². The van der Waals surface area contributed by atoms with Crippen molar-refractivity contribution in [2.24, 2.45) is 0 Å². The zero-order valence-corrected chi connectivity index (χ0v) is 11.1. The molecule has 0 saturated heterocycles. The fourth-order valence-corrected chi connectivity index (χ4v) is 2.32. The average Bonchev–Trinajstić information content (AvgIpc) is 3.01. The van der Waals surface area contributed by atoms with Crippen LogP contribution >= 0.6 is 11.3 Å². The van der Waals surface area contributed by atoms with E-state index in [9.17, 15) is 4.79 Å². The van der Waals surface area contributed by atoms with E-state index >= 15 is 0 Å². The Bertz CT molecular complexity index is 429. The molecule has 2 aromatic rings. The fraction of sp³-hybridized carbons (Fsp3) is 0.308. The summed E-state index contributed by atoms with van der Waals surface area (Å²) in [5.41, 5.74) is 1.14. The van der Waals surface area contributed by atoms with Crippen molar-refractivity contribution in [1.82, 2.24) is 10.2 Å². The first-order valence-corrected chi connectivity index (χ1v) is 6.80. The third-order valence-corrected chi connectivity index (χ3v) is 3.23. The number of nitrogens with one attached hydrogen (secondary N) is 1. The van der Waals surface area contributed by atoms with E-state index in [1.165, 1.54) is 0 Å². The van der Waals surface area contributed by atoms with Gasteiger partial charge >= 0.3 is 6.03 Å². The van der Waals surface area contributed by atoms with Crippen LogP contribution in [0.1, 0.15) is 18.2 Å². The maximum absolute atomic E-state index is 12.0. The summed E-state index contributed by atoms with van der Waals surface area (Å²) in [6.07, 6.45) is 1.62. The van der Waals surface area contributed by atoms with Gasteiger partial charge in [0.2, 0.25) is 0 Å². The Morgan fingerprint density at radius 2 is 2.33 bits per heavy atom. The Morgan fingerprint density at radius 1 is 1.44 bits per heavy atom. The zero-order valence-electron chi connectivity index (χ0n) is 10.3. The predicted octanol–water partition coefficient (Wildman–Crippen LogP) is 3.07. The summed E-state index contributed by atoms with van der Waals surface area (Å²) in [4.78, 5) is 13.7. The molecule has 0 saturated carbocycles. The molecule has 0 unspecified atom stereocenters. The summed E-state index contributed by atoms with van der Waals surface area (Å²) in [6.45, 7) is 3.61. The molecule has 0 spiro atoms. The number of carbonyl (C=O) groups excluding carboxylic acids is 1. The molecule has 0 fully saturated rings. The van der Waals surface area contributed by atoms with Crippen molar-refractivity contribution in [3.05, 3.63) is 46.5 Å². The van der Waals surface area contributed by atoms with E-state index < -0.39 is 0 Å². The van der Waals surface area contributed by atoms with Gasteiger partial charge in [-0.05, 0) is 41.4 Å². The summed E-state index contributed by atoms with van der Waals surface area (Å²) in [7, 11) is 0. The van der Waals surface area contributed by atoms with Gasteiger partial charge in [-0.15, -0.1) is 0 Å². The van der Waals surface area contributed by atoms with Gasteiger partial charge in [0.15, 0.2) is 0 Å². The lowest BCUT2D eigenvalue weighted by Gasteiger charge is -2.21. The largest absolute Gasteiger partial charge is 0.467 e. The number of urea groups is 1. The van der Waals surface area contributed by atoms with Crippen LogP contribution in [0.25, 0.3) is 0 Å². The molecule has 2 rings (SSSR count). The minimum Gasteiger partial charge on any atom is -0.467 e. The first-order valence-electron chi connectivity index (χ1n) is 5.86. The lowest BCUT2D eigenvalue weighted by molar-refractivity contribution is 0.188. The number of rotatable bonds is 5. The van der Waals surface area contributed by atoms with Crippen LogP contribution in [0.3, 0.4) is 0 Å². The van der Waals surface area contributed by atoms with Crippen LogP contribution in [0.4, 0.5) is 4.79 Å². The van der Waals surface area contributed by atoms with Gasteiger partial charge in [0.05, 0.1) is 12.8 Å². The summed E-state index contributed by atoms with van der Waals surface area (Å²) in [5.74, 6) is 0.788. The van der Waals surface area contributed by atoms with E-state index in [2.05, 4.69) is 5.32 Å². The van der Waals surface area contributed by atoms with E-state index in [1.54, 1.807) is 22.5 Å². The number of hydrogen-bond acceptors (Lipinski definition) is 3. The summed E-state index contributed by atoms with van der Waals surface area (Å²) in [5, 5.41) is 6.88. The highest BCUT2D eigenvalue weighted by Gasteiger charge is 2.15. The molecule has 1 N–H and O–H groups in total. The molecular weight excluding hydrogens is 248 g/mol. The van der Waals surface area contributed by atoms with Crippen molar-refractivity contribution >= 4 is 17.4 Å². The molecule has 96 valence electrons. The molecule has 2 heterocycles. The first kappa shape index (κ1) is 12.7. The van der Waals surface area contributed by atoms with Crippen LogP contribution in [0, 0.1) is 0 Å². The van der Waals surface area contributed by atoms with Crippen molar-refractivity contribution in [2.45, 2.75) is 20.0 Å². The number of carbonyl (C=O) groups is 1. The highest BCUT2D eigenvalue weighted by Crippen LogP contribution is 2.13. The Kier molecular flexibility index (Phi) is 4.41. The molecule has 0 bridgehead atoms. The smallest absolute Gasteiger partial charge is 0.318 e. The van der Waals surface area contributed by atoms with Crippen LogP contribution in [-0.4, -0.2) is 17.5 Å². The SMILES string of the molecule is CCNC(=O)N(Cc1ccsc1)Cc1ccco1. The topological polar surface area (TPSA) is 45.5 Å². The van der Waals surface area contributed by atoms with Crippen molar-refractivity contribution in [2.75, 3.05) is 6.54 Å². The summed E-state index contributed by atoms with van der Waals surface area (Å²) < 4.78 is 5.29. The van der Waals surface area contributed by atoms with E-state index in [0.29, 0.717) is 19.6 Å². The first-order chi connectivity index (χ1) is 8.79. The maximum atomic E-state index is 12.0. The standard InChI is InChI=1S/C13H16N2O2S/c1-2-14-13(16)15(8-11-5-7-18-10-11)9-12-4-3-6-17-12/h3-7,10H,2,8-9H2,1H3,(H,14,16). The normalized spacial score (nSPS) is 10.3. The number of nitrogens with zero attached hydrogens (tertiary/aromatic N) is 1. The molecule has 0 aliphatic rings. The van der Waals surface area contributed by atoms with Crippen LogP contribution < -0.4 is 5.32 Å². The lowest BCUT2D eigenvalue weighted by atomic mass is 10.3. The number of amides is 2. The molecule has 0 aliphatic heterocycles. The second kappa shape index (κ2) is 6.26. The van der Waals surface area contributed by atoms with Crippen LogP contribution in [0.15, 0.2) is 39.6 Å². The third-order valence-electron chi connectivity index (χ3n) is 2.50. The Balaban J connectivity index is 2.04. The summed E-state index contributed by atoms with van der Waals surface area (Å²) >= 11 is 1.63. The molecule has 2 aromatic heterocycles. The van der Waals surface area contributed by atoms with Crippen LogP contribution in [0.5, 0.6) is 0 Å². The molecule has 0 atom stereocenters. The summed E-state index contributed by atoms with van der Waals surface area (Å²) in [6, 6.07) is 5.66. The van der Waals surface area contributed by atoms with Gasteiger partial charge in [-0.1, -0.05) is 0 Å². The Hall–Kier alpha value is -1.75. The molecule has 0 aromatic carbocycles. The fourth-order valence-electron chi connectivity index (χ4n) is 1.66. The molecule has 18 heavy (non-hydrogen) atoms. The van der Waals surface area contributed by atoms with Gasteiger partial charge in [0.1, 0.15) is 5.76 Å². The van der Waals surface area contributed by atoms with Gasteiger partial charge in [-0.3, -0.25) is 0 Å². The van der Waals surface area contributed by atoms with Crippen molar-refractivity contribution in [1.29, 1.82) is 0 Å². The average molecular weight is 264 g/mol. The molecule has 0 radical (unpaired) electrons. The number of hydrogen-bond donors (Lipinski definition) is 1. The highest BCUT2D eigenvalue weighted by atomic mass is 32.1. The third kappa shape index (κ3) is 3.37. The lowest BCUT2D eigenvalue weighted by Crippen LogP contribution is -2.38. The van der Waals surface area contributed by atoms with Gasteiger partial charge < -0.3 is 14.6 Å². The zero-order chi connectivity index (χ0) is 12.8. The van der Waals surface area contributed by atoms with Gasteiger partial charge in [0.25, 0.3) is 0 Å². The molecule has 4 nitrogen and oxygen atoms in total. The second-order valence-corrected chi connectivity index (χ2v) is 4.68. The van der Waals surface area contributed by atoms with Gasteiger partial charge in [0, 0.05) is 13.1 Å². The van der Waals surface area contributed by atoms with Crippen molar-refractivity contribution in [3.63, 3.8) is 0 Å². The number of furan rings is 1. The maximum Gasteiger partial charge on any atom is 0.318 e.